The van der Waals surface area contributed by atoms with Crippen LogP contribution in [0.25, 0.3) is 0 Å². The van der Waals surface area contributed by atoms with E-state index in [9.17, 15) is 14.4 Å². The average Bonchev–Trinajstić information content (AvgIpc) is 2.57. The molecule has 1 aromatic rings. The molecule has 0 heterocycles. The highest BCUT2D eigenvalue weighted by Crippen LogP contribution is 2.28. The Kier molecular flexibility index (Phi) is 8.42. The first-order valence-electron chi connectivity index (χ1n) is 7.65. The minimum Gasteiger partial charge on any atom is -0.493 e. The SMILES string of the molecule is CNC(=O)CCCCCCC(=O)Oc1ccc(C=O)cc1OC. The van der Waals surface area contributed by atoms with Crippen LogP contribution in [0, 0.1) is 0 Å². The van der Waals surface area contributed by atoms with E-state index < -0.39 is 0 Å². The summed E-state index contributed by atoms with van der Waals surface area (Å²) in [5.41, 5.74) is 0.456. The van der Waals surface area contributed by atoms with E-state index in [0.717, 1.165) is 19.3 Å². The Bertz CT molecular complexity index is 542. The summed E-state index contributed by atoms with van der Waals surface area (Å²) in [6.07, 6.45) is 4.81. The molecule has 0 fully saturated rings. The molecule has 0 bridgehead atoms. The molecular weight excluding hydrogens is 298 g/mol. The molecule has 23 heavy (non-hydrogen) atoms. The first-order valence-corrected chi connectivity index (χ1v) is 7.65. The number of amides is 1. The molecule has 1 aromatic carbocycles. The number of esters is 1. The zero-order valence-electron chi connectivity index (χ0n) is 13.6. The molecule has 126 valence electrons. The van der Waals surface area contributed by atoms with Gasteiger partial charge in [-0.1, -0.05) is 12.8 Å². The van der Waals surface area contributed by atoms with Crippen molar-refractivity contribution in [1.82, 2.24) is 5.32 Å². The molecule has 1 amide bonds. The van der Waals surface area contributed by atoms with Crippen molar-refractivity contribution >= 4 is 18.2 Å². The predicted octanol–water partition coefficient (Wildman–Crippen LogP) is 2.50. The number of hydrogen-bond acceptors (Lipinski definition) is 5. The summed E-state index contributed by atoms with van der Waals surface area (Å²) >= 11 is 0. The van der Waals surface area contributed by atoms with Crippen molar-refractivity contribution in [1.29, 1.82) is 0 Å². The van der Waals surface area contributed by atoms with Crippen LogP contribution in [0.4, 0.5) is 0 Å². The summed E-state index contributed by atoms with van der Waals surface area (Å²) in [6, 6.07) is 4.63. The maximum Gasteiger partial charge on any atom is 0.311 e. The number of aldehydes is 1. The summed E-state index contributed by atoms with van der Waals surface area (Å²) in [6.45, 7) is 0. The van der Waals surface area contributed by atoms with Gasteiger partial charge >= 0.3 is 5.97 Å². The Morgan fingerprint density at radius 3 is 2.39 bits per heavy atom. The van der Waals surface area contributed by atoms with E-state index in [0.29, 0.717) is 42.6 Å². The number of hydrogen-bond donors (Lipinski definition) is 1. The van der Waals surface area contributed by atoms with Gasteiger partial charge in [-0.3, -0.25) is 14.4 Å². The fourth-order valence-corrected chi connectivity index (χ4v) is 2.05. The van der Waals surface area contributed by atoms with Gasteiger partial charge in [-0.25, -0.2) is 0 Å². The van der Waals surface area contributed by atoms with Gasteiger partial charge in [0.2, 0.25) is 5.91 Å². The average molecular weight is 321 g/mol. The maximum absolute atomic E-state index is 11.8. The Labute approximate surface area is 136 Å². The van der Waals surface area contributed by atoms with Gasteiger partial charge in [0.05, 0.1) is 7.11 Å². The van der Waals surface area contributed by atoms with Crippen LogP contribution in [-0.2, 0) is 9.59 Å². The third-order valence-electron chi connectivity index (χ3n) is 3.36. The maximum atomic E-state index is 11.8. The van der Waals surface area contributed by atoms with E-state index in [1.807, 2.05) is 0 Å². The van der Waals surface area contributed by atoms with Crippen LogP contribution in [0.5, 0.6) is 11.5 Å². The highest BCUT2D eigenvalue weighted by Gasteiger charge is 2.10. The Morgan fingerprint density at radius 2 is 1.78 bits per heavy atom. The molecule has 0 radical (unpaired) electrons. The van der Waals surface area contributed by atoms with Crippen LogP contribution in [0.3, 0.4) is 0 Å². The first-order chi connectivity index (χ1) is 11.1. The quantitative estimate of drug-likeness (QED) is 0.310. The number of carbonyl (C=O) groups excluding carboxylic acids is 3. The molecule has 0 unspecified atom stereocenters. The predicted molar refractivity (Wildman–Crippen MR) is 85.8 cm³/mol. The third-order valence-corrected chi connectivity index (χ3v) is 3.36. The zero-order valence-corrected chi connectivity index (χ0v) is 13.6. The van der Waals surface area contributed by atoms with Gasteiger partial charge in [0.15, 0.2) is 11.5 Å². The van der Waals surface area contributed by atoms with Crippen molar-refractivity contribution in [2.75, 3.05) is 14.2 Å². The molecule has 0 saturated carbocycles. The van der Waals surface area contributed by atoms with Crippen LogP contribution < -0.4 is 14.8 Å². The molecule has 6 heteroatoms. The second kappa shape index (κ2) is 10.4. The van der Waals surface area contributed by atoms with E-state index in [2.05, 4.69) is 5.32 Å². The topological polar surface area (TPSA) is 81.7 Å². The lowest BCUT2D eigenvalue weighted by Crippen LogP contribution is -2.16. The van der Waals surface area contributed by atoms with E-state index in [1.54, 1.807) is 19.2 Å². The van der Waals surface area contributed by atoms with Crippen molar-refractivity contribution < 1.29 is 23.9 Å². The van der Waals surface area contributed by atoms with Crippen LogP contribution in [0.2, 0.25) is 0 Å². The van der Waals surface area contributed by atoms with Crippen molar-refractivity contribution in [3.8, 4) is 11.5 Å². The van der Waals surface area contributed by atoms with Crippen molar-refractivity contribution in [3.05, 3.63) is 23.8 Å². The smallest absolute Gasteiger partial charge is 0.311 e. The lowest BCUT2D eigenvalue weighted by Gasteiger charge is -2.09. The van der Waals surface area contributed by atoms with Gasteiger partial charge in [-0.15, -0.1) is 0 Å². The molecule has 1 rings (SSSR count). The molecule has 0 atom stereocenters. The van der Waals surface area contributed by atoms with Gasteiger partial charge in [0.1, 0.15) is 6.29 Å². The van der Waals surface area contributed by atoms with Crippen molar-refractivity contribution in [2.45, 2.75) is 38.5 Å². The molecular formula is C17H23NO5. The van der Waals surface area contributed by atoms with Gasteiger partial charge in [-0.05, 0) is 31.0 Å². The number of rotatable bonds is 10. The summed E-state index contributed by atoms with van der Waals surface area (Å²) in [4.78, 5) is 33.6. The Balaban J connectivity index is 2.31. The van der Waals surface area contributed by atoms with E-state index >= 15 is 0 Å². The lowest BCUT2D eigenvalue weighted by molar-refractivity contribution is -0.134. The number of unbranched alkanes of at least 4 members (excludes halogenated alkanes) is 3. The Morgan fingerprint density at radius 1 is 1.09 bits per heavy atom. The summed E-state index contributed by atoms with van der Waals surface area (Å²) < 4.78 is 10.4. The summed E-state index contributed by atoms with van der Waals surface area (Å²) in [5.74, 6) is 0.361. The minimum absolute atomic E-state index is 0.0373. The van der Waals surface area contributed by atoms with E-state index in [4.69, 9.17) is 9.47 Å². The molecule has 1 N–H and O–H groups in total. The van der Waals surface area contributed by atoms with Crippen LogP contribution in [0.1, 0.15) is 48.9 Å². The Hall–Kier alpha value is -2.37. The zero-order chi connectivity index (χ0) is 17.1. The molecule has 0 aliphatic heterocycles. The fraction of sp³-hybridized carbons (Fsp3) is 0.471. The largest absolute Gasteiger partial charge is 0.493 e. The standard InChI is InChI=1S/C17H23NO5/c1-18-16(20)7-5-3-4-6-8-17(21)23-14-10-9-13(12-19)11-15(14)22-2/h9-12H,3-8H2,1-2H3,(H,18,20). The molecule has 0 saturated heterocycles. The summed E-state index contributed by atoms with van der Waals surface area (Å²) in [5, 5.41) is 2.57. The number of methoxy groups -OCH3 is 1. The number of ether oxygens (including phenoxy) is 2. The van der Waals surface area contributed by atoms with E-state index in [-0.39, 0.29) is 11.9 Å². The van der Waals surface area contributed by atoms with Crippen LogP contribution >= 0.6 is 0 Å². The first kappa shape index (κ1) is 18.7. The van der Waals surface area contributed by atoms with Crippen LogP contribution in [-0.4, -0.2) is 32.3 Å². The third kappa shape index (κ3) is 6.95. The molecule has 6 nitrogen and oxygen atoms in total. The number of nitrogens with one attached hydrogen (secondary N) is 1. The number of benzene rings is 1. The fourth-order valence-electron chi connectivity index (χ4n) is 2.05. The van der Waals surface area contributed by atoms with Gasteiger partial charge in [0, 0.05) is 25.5 Å². The van der Waals surface area contributed by atoms with Gasteiger partial charge < -0.3 is 14.8 Å². The minimum atomic E-state index is -0.339. The monoisotopic (exact) mass is 321 g/mol. The van der Waals surface area contributed by atoms with Gasteiger partial charge in [-0.2, -0.15) is 0 Å². The molecule has 0 spiro atoms. The normalized spacial score (nSPS) is 10.0. The highest BCUT2D eigenvalue weighted by molar-refractivity contribution is 5.78. The second-order valence-electron chi connectivity index (χ2n) is 5.09. The lowest BCUT2D eigenvalue weighted by atomic mass is 10.1. The van der Waals surface area contributed by atoms with Crippen molar-refractivity contribution in [3.63, 3.8) is 0 Å². The van der Waals surface area contributed by atoms with E-state index in [1.165, 1.54) is 13.2 Å². The van der Waals surface area contributed by atoms with Crippen molar-refractivity contribution in [2.24, 2.45) is 0 Å². The highest BCUT2D eigenvalue weighted by atomic mass is 16.6. The van der Waals surface area contributed by atoms with Crippen LogP contribution in [0.15, 0.2) is 18.2 Å². The number of carbonyl (C=O) groups is 3. The summed E-state index contributed by atoms with van der Waals surface area (Å²) in [7, 11) is 3.07. The molecule has 0 aliphatic carbocycles. The van der Waals surface area contributed by atoms with Gasteiger partial charge in [0.25, 0.3) is 0 Å². The molecule has 0 aromatic heterocycles. The molecule has 0 aliphatic rings. The second-order valence-corrected chi connectivity index (χ2v) is 5.09.